The lowest BCUT2D eigenvalue weighted by atomic mass is 9.71. The van der Waals surface area contributed by atoms with Crippen LogP contribution in [0.4, 0.5) is 0 Å². The Hall–Kier alpha value is -1.32. The van der Waals surface area contributed by atoms with E-state index < -0.39 is 17.5 Å². The van der Waals surface area contributed by atoms with E-state index >= 15 is 0 Å². The molecule has 0 aliphatic heterocycles. The van der Waals surface area contributed by atoms with Crippen LogP contribution in [0.25, 0.3) is 0 Å². The van der Waals surface area contributed by atoms with Crippen LogP contribution in [-0.4, -0.2) is 22.2 Å². The second-order valence-corrected chi connectivity index (χ2v) is 4.55. The molecule has 0 heterocycles. The Balaban J connectivity index is 3.23. The third-order valence-corrected chi connectivity index (χ3v) is 3.03. The van der Waals surface area contributed by atoms with Gasteiger partial charge in [0.1, 0.15) is 5.57 Å². The minimum absolute atomic E-state index is 0.301. The van der Waals surface area contributed by atoms with Gasteiger partial charge in [-0.1, -0.05) is 20.3 Å². The van der Waals surface area contributed by atoms with Crippen molar-refractivity contribution in [1.82, 2.24) is 0 Å². The van der Waals surface area contributed by atoms with Crippen molar-refractivity contribution in [3.8, 4) is 0 Å². The first kappa shape index (κ1) is 11.8. The summed E-state index contributed by atoms with van der Waals surface area (Å²) in [5.74, 6) is -2.65. The number of carbonyl (C=O) groups is 2. The van der Waals surface area contributed by atoms with E-state index in [9.17, 15) is 9.59 Å². The molecule has 0 saturated heterocycles. The molecule has 0 bridgehead atoms. The second-order valence-electron chi connectivity index (χ2n) is 4.55. The highest BCUT2D eigenvalue weighted by atomic mass is 16.4. The molecule has 1 aliphatic rings. The minimum Gasteiger partial charge on any atom is -0.477 e. The van der Waals surface area contributed by atoms with Crippen molar-refractivity contribution in [2.24, 2.45) is 5.41 Å². The van der Waals surface area contributed by atoms with Crippen molar-refractivity contribution in [1.29, 1.82) is 0 Å². The molecule has 15 heavy (non-hydrogen) atoms. The number of carboxylic acids is 2. The molecule has 84 valence electrons. The smallest absolute Gasteiger partial charge is 0.343 e. The highest BCUT2D eigenvalue weighted by Gasteiger charge is 2.33. The molecule has 1 rings (SSSR count). The van der Waals surface area contributed by atoms with E-state index in [0.29, 0.717) is 12.0 Å². The molecular weight excluding hydrogens is 196 g/mol. The molecular formula is C11H16O4. The maximum absolute atomic E-state index is 10.9. The molecule has 0 atom stereocenters. The van der Waals surface area contributed by atoms with Crippen LogP contribution in [0.15, 0.2) is 11.1 Å². The number of rotatable bonds is 2. The van der Waals surface area contributed by atoms with Crippen LogP contribution in [0.2, 0.25) is 0 Å². The predicted molar refractivity (Wildman–Crippen MR) is 54.5 cm³/mol. The summed E-state index contributed by atoms with van der Waals surface area (Å²) in [6.07, 6.45) is 3.35. The average Bonchev–Trinajstić information content (AvgIpc) is 2.06. The topological polar surface area (TPSA) is 74.6 Å². The lowest BCUT2D eigenvalue weighted by Gasteiger charge is -2.33. The van der Waals surface area contributed by atoms with Crippen molar-refractivity contribution < 1.29 is 19.8 Å². The largest absolute Gasteiger partial charge is 0.477 e. The van der Waals surface area contributed by atoms with E-state index in [1.54, 1.807) is 0 Å². The van der Waals surface area contributed by atoms with Gasteiger partial charge in [-0.2, -0.15) is 0 Å². The Morgan fingerprint density at radius 1 is 1.13 bits per heavy atom. The first-order valence-corrected chi connectivity index (χ1v) is 5.06. The Labute approximate surface area is 88.6 Å². The number of hydrogen-bond donors (Lipinski definition) is 2. The van der Waals surface area contributed by atoms with Crippen molar-refractivity contribution >= 4 is 11.9 Å². The Morgan fingerprint density at radius 3 is 2.07 bits per heavy atom. The van der Waals surface area contributed by atoms with E-state index in [4.69, 9.17) is 10.2 Å². The van der Waals surface area contributed by atoms with Gasteiger partial charge in [-0.3, -0.25) is 0 Å². The van der Waals surface area contributed by atoms with Gasteiger partial charge in [0.15, 0.2) is 0 Å². The lowest BCUT2D eigenvalue weighted by molar-refractivity contribution is -0.140. The first-order chi connectivity index (χ1) is 6.86. The van der Waals surface area contributed by atoms with Gasteiger partial charge in [-0.25, -0.2) is 9.59 Å². The van der Waals surface area contributed by atoms with Crippen molar-refractivity contribution in [3.05, 3.63) is 11.1 Å². The van der Waals surface area contributed by atoms with E-state index in [2.05, 4.69) is 0 Å². The van der Waals surface area contributed by atoms with Gasteiger partial charge < -0.3 is 10.2 Å². The summed E-state index contributed by atoms with van der Waals surface area (Å²) >= 11 is 0. The van der Waals surface area contributed by atoms with Crippen molar-refractivity contribution in [2.75, 3.05) is 0 Å². The molecule has 4 heteroatoms. The van der Waals surface area contributed by atoms with Gasteiger partial charge in [-0.15, -0.1) is 0 Å². The highest BCUT2D eigenvalue weighted by molar-refractivity contribution is 6.13. The van der Waals surface area contributed by atoms with Crippen LogP contribution in [0.1, 0.15) is 39.5 Å². The van der Waals surface area contributed by atoms with Crippen LogP contribution in [-0.2, 0) is 9.59 Å². The molecule has 1 saturated carbocycles. The summed E-state index contributed by atoms with van der Waals surface area (Å²) in [5.41, 5.74) is -0.155. The van der Waals surface area contributed by atoms with Crippen LogP contribution in [0.5, 0.6) is 0 Å². The van der Waals surface area contributed by atoms with Gasteiger partial charge in [0, 0.05) is 0 Å². The fraction of sp³-hybridized carbons (Fsp3) is 0.636. The molecule has 0 radical (unpaired) electrons. The molecule has 2 N–H and O–H groups in total. The second kappa shape index (κ2) is 4.04. The summed E-state index contributed by atoms with van der Waals surface area (Å²) in [4.78, 5) is 21.8. The minimum atomic E-state index is -1.33. The Bertz CT molecular complexity index is 309. The number of aliphatic carboxylic acids is 2. The first-order valence-electron chi connectivity index (χ1n) is 5.06. The summed E-state index contributed by atoms with van der Waals surface area (Å²) in [6.45, 7) is 3.82. The van der Waals surface area contributed by atoms with Crippen LogP contribution in [0.3, 0.4) is 0 Å². The number of hydrogen-bond acceptors (Lipinski definition) is 2. The van der Waals surface area contributed by atoms with E-state index in [1.807, 2.05) is 13.8 Å². The van der Waals surface area contributed by atoms with Crippen molar-refractivity contribution in [3.63, 3.8) is 0 Å². The van der Waals surface area contributed by atoms with Crippen molar-refractivity contribution in [2.45, 2.75) is 39.5 Å². The highest BCUT2D eigenvalue weighted by Crippen LogP contribution is 2.41. The van der Waals surface area contributed by atoms with Crippen LogP contribution in [0, 0.1) is 5.41 Å². The molecule has 0 aromatic heterocycles. The normalized spacial score (nSPS) is 19.7. The number of carboxylic acid groups (broad SMARTS) is 2. The standard InChI is InChI=1S/C11H16O4/c1-11(2)6-4-3-5-7(11)8(9(12)13)10(14)15/h3-6H2,1-2H3,(H,12,13)(H,14,15). The molecule has 1 aliphatic carbocycles. The summed E-state index contributed by atoms with van der Waals surface area (Å²) in [6, 6.07) is 0. The quantitative estimate of drug-likeness (QED) is 0.417. The van der Waals surface area contributed by atoms with Gasteiger partial charge in [0.2, 0.25) is 0 Å². The molecule has 0 aromatic rings. The SMILES string of the molecule is CC1(C)CCCCC1=C(C(=O)O)C(=O)O. The number of allylic oxidation sites excluding steroid dienone is 1. The van der Waals surface area contributed by atoms with Gasteiger partial charge in [-0.05, 0) is 30.3 Å². The Morgan fingerprint density at radius 2 is 1.67 bits per heavy atom. The van der Waals surface area contributed by atoms with Crippen LogP contribution >= 0.6 is 0 Å². The molecule has 0 unspecified atom stereocenters. The van der Waals surface area contributed by atoms with Gasteiger partial charge in [0.25, 0.3) is 0 Å². The van der Waals surface area contributed by atoms with Crippen LogP contribution < -0.4 is 0 Å². The fourth-order valence-corrected chi connectivity index (χ4v) is 2.17. The zero-order chi connectivity index (χ0) is 11.6. The lowest BCUT2D eigenvalue weighted by Crippen LogP contribution is -2.26. The zero-order valence-corrected chi connectivity index (χ0v) is 9.04. The monoisotopic (exact) mass is 212 g/mol. The van der Waals surface area contributed by atoms with Gasteiger partial charge >= 0.3 is 11.9 Å². The predicted octanol–water partition coefficient (Wildman–Crippen LogP) is 2.05. The summed E-state index contributed by atoms with van der Waals surface area (Å²) in [5, 5.41) is 17.8. The summed E-state index contributed by atoms with van der Waals surface area (Å²) < 4.78 is 0. The summed E-state index contributed by atoms with van der Waals surface area (Å²) in [7, 11) is 0. The van der Waals surface area contributed by atoms with E-state index in [1.165, 1.54) is 0 Å². The Kier molecular flexibility index (Phi) is 3.17. The molecule has 0 spiro atoms. The van der Waals surface area contributed by atoms with E-state index in [0.717, 1.165) is 19.3 Å². The third kappa shape index (κ3) is 2.37. The molecule has 0 amide bonds. The molecule has 1 fully saturated rings. The zero-order valence-electron chi connectivity index (χ0n) is 9.04. The molecule has 0 aromatic carbocycles. The van der Waals surface area contributed by atoms with E-state index in [-0.39, 0.29) is 5.41 Å². The van der Waals surface area contributed by atoms with Gasteiger partial charge in [0.05, 0.1) is 0 Å². The maximum Gasteiger partial charge on any atom is 0.343 e. The molecule has 4 nitrogen and oxygen atoms in total. The average molecular weight is 212 g/mol. The maximum atomic E-state index is 10.9. The third-order valence-electron chi connectivity index (χ3n) is 3.03. The fourth-order valence-electron chi connectivity index (χ4n) is 2.17.